The maximum Gasteiger partial charge on any atom is 0.188 e. The first-order chi connectivity index (χ1) is 27.2. The molecule has 0 atom stereocenters. The Bertz CT molecular complexity index is 3420. The number of nitrogens with zero attached hydrogens (tertiary/aromatic N) is 5. The van der Waals surface area contributed by atoms with E-state index in [2.05, 4.69) is 164 Å². The lowest BCUT2D eigenvalue weighted by molar-refractivity contribution is 1.16. The van der Waals surface area contributed by atoms with Gasteiger partial charge in [0.25, 0.3) is 0 Å². The van der Waals surface area contributed by atoms with E-state index in [1.807, 2.05) is 36.4 Å². The maximum absolute atomic E-state index is 10.4. The smallest absolute Gasteiger partial charge is 0.188 e. The van der Waals surface area contributed by atoms with Crippen LogP contribution in [0.1, 0.15) is 5.56 Å². The van der Waals surface area contributed by atoms with Gasteiger partial charge in [-0.05, 0) is 95.4 Å². The van der Waals surface area contributed by atoms with Gasteiger partial charge in [0.15, 0.2) is 5.69 Å². The molecule has 3 heterocycles. The van der Waals surface area contributed by atoms with Gasteiger partial charge < -0.3 is 13.7 Å². The Morgan fingerprint density at radius 2 is 0.964 bits per heavy atom. The number of para-hydroxylation sites is 4. The molecule has 0 aliphatic carbocycles. The van der Waals surface area contributed by atoms with E-state index in [4.69, 9.17) is 6.57 Å². The monoisotopic (exact) mass is 699 g/mol. The van der Waals surface area contributed by atoms with Gasteiger partial charge in [-0.1, -0.05) is 97.1 Å². The molecule has 0 saturated heterocycles. The topological polar surface area (TPSA) is 42.9 Å². The summed E-state index contributed by atoms with van der Waals surface area (Å²) in [5.41, 5.74) is 12.8. The predicted octanol–water partition coefficient (Wildman–Crippen LogP) is 13.1. The Morgan fingerprint density at radius 3 is 1.65 bits per heavy atom. The number of rotatable bonds is 4. The van der Waals surface area contributed by atoms with Crippen molar-refractivity contribution in [2.24, 2.45) is 0 Å². The van der Waals surface area contributed by atoms with Crippen LogP contribution < -0.4 is 0 Å². The molecule has 0 amide bonds. The first-order valence-corrected chi connectivity index (χ1v) is 18.3. The fraction of sp³-hybridized carbons (Fsp3) is 0. The van der Waals surface area contributed by atoms with Crippen molar-refractivity contribution in [1.82, 2.24) is 13.7 Å². The highest BCUT2D eigenvalue weighted by Gasteiger charge is 2.20. The summed E-state index contributed by atoms with van der Waals surface area (Å²) in [5.74, 6) is 0. The van der Waals surface area contributed by atoms with Gasteiger partial charge >= 0.3 is 0 Å². The summed E-state index contributed by atoms with van der Waals surface area (Å²) in [6, 6.07) is 63.8. The van der Waals surface area contributed by atoms with Gasteiger partial charge in [-0.3, -0.25) is 0 Å². The second kappa shape index (κ2) is 11.8. The Labute approximate surface area is 316 Å². The molecule has 0 bridgehead atoms. The summed E-state index contributed by atoms with van der Waals surface area (Å²) in [5, 5.41) is 17.3. The molecule has 5 heteroatoms. The van der Waals surface area contributed by atoms with E-state index < -0.39 is 0 Å². The van der Waals surface area contributed by atoms with E-state index in [0.717, 1.165) is 82.8 Å². The molecule has 254 valence electrons. The SMILES string of the molecule is [C-]#[N+]c1ccc2c(c1)c1ccccc1n2-c1cccc(-c2cc(C#N)cc(-n3c4ccccc4c4c(-n5c6ccccc6c6ccccc65)cccc43)c2)c1. The molecule has 0 aliphatic heterocycles. The van der Waals surface area contributed by atoms with Crippen molar-refractivity contribution in [1.29, 1.82) is 5.26 Å². The van der Waals surface area contributed by atoms with Crippen molar-refractivity contribution >= 4 is 71.1 Å². The number of hydrogen-bond donors (Lipinski definition) is 0. The number of fused-ring (bicyclic) bond motifs is 9. The van der Waals surface area contributed by atoms with E-state index >= 15 is 0 Å². The molecule has 0 aliphatic rings. The molecule has 11 aromatic rings. The van der Waals surface area contributed by atoms with Crippen molar-refractivity contribution in [2.75, 3.05) is 0 Å². The van der Waals surface area contributed by atoms with E-state index in [9.17, 15) is 5.26 Å². The lowest BCUT2D eigenvalue weighted by Crippen LogP contribution is -1.98. The molecule has 0 saturated carbocycles. The zero-order valence-electron chi connectivity index (χ0n) is 29.5. The first kappa shape index (κ1) is 30.7. The van der Waals surface area contributed by atoms with Gasteiger partial charge in [0.05, 0.1) is 57.0 Å². The van der Waals surface area contributed by atoms with Crippen LogP contribution in [0.3, 0.4) is 0 Å². The van der Waals surface area contributed by atoms with Crippen LogP contribution in [0.2, 0.25) is 0 Å². The molecule has 3 aromatic heterocycles. The number of hydrogen-bond acceptors (Lipinski definition) is 1. The van der Waals surface area contributed by atoms with Crippen LogP contribution in [0, 0.1) is 17.9 Å². The molecule has 5 nitrogen and oxygen atoms in total. The molecule has 55 heavy (non-hydrogen) atoms. The highest BCUT2D eigenvalue weighted by atomic mass is 15.0. The van der Waals surface area contributed by atoms with Crippen molar-refractivity contribution in [3.63, 3.8) is 0 Å². The van der Waals surface area contributed by atoms with Crippen molar-refractivity contribution in [3.05, 3.63) is 193 Å². The van der Waals surface area contributed by atoms with E-state index in [1.165, 1.54) is 10.8 Å². The summed E-state index contributed by atoms with van der Waals surface area (Å²) in [4.78, 5) is 3.70. The molecule has 0 unspecified atom stereocenters. The Morgan fingerprint density at radius 1 is 0.418 bits per heavy atom. The van der Waals surface area contributed by atoms with Gasteiger partial charge in [-0.25, -0.2) is 4.85 Å². The molecular weight excluding hydrogens is 671 g/mol. The number of benzene rings is 8. The van der Waals surface area contributed by atoms with Gasteiger partial charge in [-0.2, -0.15) is 5.26 Å². The second-order valence-electron chi connectivity index (χ2n) is 14.0. The molecule has 11 rings (SSSR count). The maximum atomic E-state index is 10.4. The third kappa shape index (κ3) is 4.51. The predicted molar refractivity (Wildman–Crippen MR) is 226 cm³/mol. The fourth-order valence-corrected chi connectivity index (χ4v) is 8.75. The summed E-state index contributed by atoms with van der Waals surface area (Å²) in [7, 11) is 0. The second-order valence-corrected chi connectivity index (χ2v) is 14.0. The molecule has 0 fully saturated rings. The van der Waals surface area contributed by atoms with Crippen LogP contribution >= 0.6 is 0 Å². The minimum absolute atomic E-state index is 0.589. The molecule has 0 N–H and O–H groups in total. The number of nitriles is 1. The Hall–Kier alpha value is -7.86. The first-order valence-electron chi connectivity index (χ1n) is 18.3. The minimum Gasteiger partial charge on any atom is -0.309 e. The van der Waals surface area contributed by atoms with Crippen LogP contribution in [-0.2, 0) is 0 Å². The number of aromatic nitrogens is 3. The average molecular weight is 700 g/mol. The molecule has 0 radical (unpaired) electrons. The Kier molecular flexibility index (Phi) is 6.61. The third-order valence-electron chi connectivity index (χ3n) is 11.0. The van der Waals surface area contributed by atoms with Gasteiger partial charge in [0.1, 0.15) is 0 Å². The largest absolute Gasteiger partial charge is 0.309 e. The van der Waals surface area contributed by atoms with Crippen LogP contribution in [0.15, 0.2) is 176 Å². The zero-order chi connectivity index (χ0) is 36.6. The highest BCUT2D eigenvalue weighted by Crippen LogP contribution is 2.41. The average Bonchev–Trinajstić information content (AvgIpc) is 3.89. The lowest BCUT2D eigenvalue weighted by Gasteiger charge is -2.14. The molecule has 8 aromatic carbocycles. The van der Waals surface area contributed by atoms with Gasteiger partial charge in [-0.15, -0.1) is 0 Å². The van der Waals surface area contributed by atoms with Crippen molar-refractivity contribution in [2.45, 2.75) is 0 Å². The summed E-state index contributed by atoms with van der Waals surface area (Å²) >= 11 is 0. The van der Waals surface area contributed by atoms with Gasteiger partial charge in [0, 0.05) is 38.3 Å². The van der Waals surface area contributed by atoms with E-state index in [-0.39, 0.29) is 0 Å². The van der Waals surface area contributed by atoms with Gasteiger partial charge in [0.2, 0.25) is 0 Å². The lowest BCUT2D eigenvalue weighted by atomic mass is 10.0. The summed E-state index contributed by atoms with van der Waals surface area (Å²) in [6.45, 7) is 7.61. The minimum atomic E-state index is 0.589. The normalized spacial score (nSPS) is 11.6. The van der Waals surface area contributed by atoms with Crippen LogP contribution in [0.25, 0.3) is 98.5 Å². The van der Waals surface area contributed by atoms with E-state index in [0.29, 0.717) is 11.3 Å². The van der Waals surface area contributed by atoms with Crippen molar-refractivity contribution < 1.29 is 0 Å². The zero-order valence-corrected chi connectivity index (χ0v) is 29.5. The van der Waals surface area contributed by atoms with Crippen LogP contribution in [0.5, 0.6) is 0 Å². The van der Waals surface area contributed by atoms with Crippen LogP contribution in [-0.4, -0.2) is 13.7 Å². The third-order valence-corrected chi connectivity index (χ3v) is 11.0. The highest BCUT2D eigenvalue weighted by molar-refractivity contribution is 6.16. The standard InChI is InChI=1S/C50H29N5/c1-52-35-24-25-47-42(30-35)40-16-4-6-18-43(40)53(47)36-13-10-12-33(28-36)34-26-32(31-51)27-37(29-34)54-46-21-9-5-17-41(46)50-48(54)22-11-23-49(50)55-44-19-7-2-14-38(44)39-15-3-8-20-45(39)55/h2-30H. The quantitative estimate of drug-likeness (QED) is 0.169. The van der Waals surface area contributed by atoms with E-state index in [1.54, 1.807) is 0 Å². The summed E-state index contributed by atoms with van der Waals surface area (Å²) < 4.78 is 6.96. The summed E-state index contributed by atoms with van der Waals surface area (Å²) in [6.07, 6.45) is 0. The molecule has 0 spiro atoms. The fourth-order valence-electron chi connectivity index (χ4n) is 8.75. The van der Waals surface area contributed by atoms with Crippen molar-refractivity contribution in [3.8, 4) is 34.3 Å². The molecular formula is C50H29N5. The Balaban J connectivity index is 1.13. The van der Waals surface area contributed by atoms with Crippen LogP contribution in [0.4, 0.5) is 5.69 Å².